The van der Waals surface area contributed by atoms with E-state index in [4.69, 9.17) is 0 Å². The van der Waals surface area contributed by atoms with Gasteiger partial charge >= 0.3 is 0 Å². The van der Waals surface area contributed by atoms with Crippen molar-refractivity contribution in [3.63, 3.8) is 0 Å². The molecule has 2 aromatic rings. The van der Waals surface area contributed by atoms with E-state index in [1.165, 1.54) is 20.9 Å². The molecule has 0 bridgehead atoms. The van der Waals surface area contributed by atoms with Crippen molar-refractivity contribution < 1.29 is 0 Å². The Balaban J connectivity index is 1.87. The summed E-state index contributed by atoms with van der Waals surface area (Å²) in [4.78, 5) is 2.83. The van der Waals surface area contributed by atoms with Gasteiger partial charge in [0.25, 0.3) is 0 Å². The van der Waals surface area contributed by atoms with E-state index >= 15 is 0 Å². The molecular weight excluding hydrogens is 294 g/mol. The molecule has 90 valence electrons. The van der Waals surface area contributed by atoms with Crippen molar-refractivity contribution in [2.24, 2.45) is 0 Å². The van der Waals surface area contributed by atoms with Gasteiger partial charge in [-0.15, -0.1) is 11.3 Å². The van der Waals surface area contributed by atoms with Crippen LogP contribution in [0.4, 0.5) is 0 Å². The normalized spacial score (nSPS) is 10.8. The smallest absolute Gasteiger partial charge is 0.0303 e. The van der Waals surface area contributed by atoms with Gasteiger partial charge in [0.2, 0.25) is 0 Å². The summed E-state index contributed by atoms with van der Waals surface area (Å²) in [6, 6.07) is 10.7. The van der Waals surface area contributed by atoms with Crippen LogP contribution in [0.5, 0.6) is 0 Å². The number of aryl methyl sites for hydroxylation is 2. The highest BCUT2D eigenvalue weighted by Crippen LogP contribution is 2.20. The molecule has 1 N–H and O–H groups in total. The molecule has 0 spiro atoms. The molecule has 3 heteroatoms. The highest BCUT2D eigenvalue weighted by Gasteiger charge is 2.01. The summed E-state index contributed by atoms with van der Waals surface area (Å²) in [5.74, 6) is 0. The number of nitrogens with one attached hydrogen (secondary N) is 1. The van der Waals surface area contributed by atoms with Crippen LogP contribution >= 0.6 is 27.3 Å². The minimum Gasteiger partial charge on any atom is -0.308 e. The molecule has 0 aliphatic carbocycles. The van der Waals surface area contributed by atoms with E-state index in [-0.39, 0.29) is 0 Å². The molecule has 1 aromatic heterocycles. The molecule has 0 atom stereocenters. The quantitative estimate of drug-likeness (QED) is 0.881. The van der Waals surface area contributed by atoms with Crippen LogP contribution in [-0.4, -0.2) is 0 Å². The molecule has 0 unspecified atom stereocenters. The van der Waals surface area contributed by atoms with Crippen molar-refractivity contribution >= 4 is 27.3 Å². The van der Waals surface area contributed by atoms with E-state index in [2.05, 4.69) is 65.4 Å². The molecule has 0 saturated carbocycles. The molecule has 2 rings (SSSR count). The van der Waals surface area contributed by atoms with Crippen LogP contribution < -0.4 is 5.32 Å². The second kappa shape index (κ2) is 5.80. The predicted octanol–water partition coefficient (Wildman–Crippen LogP) is 4.42. The predicted molar refractivity (Wildman–Crippen MR) is 78.5 cm³/mol. The molecule has 0 fully saturated rings. The van der Waals surface area contributed by atoms with Crippen LogP contribution in [0.3, 0.4) is 0 Å². The molecule has 0 amide bonds. The molecule has 1 nitrogen and oxygen atoms in total. The lowest BCUT2D eigenvalue weighted by Crippen LogP contribution is -2.11. The van der Waals surface area contributed by atoms with Gasteiger partial charge in [0, 0.05) is 27.3 Å². The van der Waals surface area contributed by atoms with Crippen molar-refractivity contribution in [1.29, 1.82) is 0 Å². The largest absolute Gasteiger partial charge is 0.308 e. The van der Waals surface area contributed by atoms with Crippen molar-refractivity contribution in [3.05, 3.63) is 55.7 Å². The Labute approximate surface area is 115 Å². The molecule has 1 heterocycles. The second-order valence-electron chi connectivity index (χ2n) is 4.19. The summed E-state index contributed by atoms with van der Waals surface area (Å²) < 4.78 is 1.14. The van der Waals surface area contributed by atoms with Gasteiger partial charge in [0.05, 0.1) is 0 Å². The molecule has 0 aliphatic rings. The molecule has 1 aromatic carbocycles. The summed E-state index contributed by atoms with van der Waals surface area (Å²) in [6.07, 6.45) is 0. The number of halogens is 1. The van der Waals surface area contributed by atoms with Crippen LogP contribution in [0.15, 0.2) is 34.8 Å². The fraction of sp³-hybridized carbons (Fsp3) is 0.286. The third-order valence-corrected chi connectivity index (χ3v) is 4.38. The van der Waals surface area contributed by atoms with Gasteiger partial charge in [0.1, 0.15) is 0 Å². The molecule has 17 heavy (non-hydrogen) atoms. The number of hydrogen-bond acceptors (Lipinski definition) is 2. The van der Waals surface area contributed by atoms with Crippen molar-refractivity contribution in [1.82, 2.24) is 5.32 Å². The van der Waals surface area contributed by atoms with E-state index in [0.29, 0.717) is 0 Å². The monoisotopic (exact) mass is 309 g/mol. The third-order valence-electron chi connectivity index (χ3n) is 2.73. The zero-order valence-corrected chi connectivity index (χ0v) is 12.5. The highest BCUT2D eigenvalue weighted by molar-refractivity contribution is 9.10. The van der Waals surface area contributed by atoms with Gasteiger partial charge in [-0.3, -0.25) is 0 Å². The Morgan fingerprint density at radius 1 is 1.18 bits per heavy atom. The van der Waals surface area contributed by atoms with E-state index in [0.717, 1.165) is 17.6 Å². The van der Waals surface area contributed by atoms with Crippen LogP contribution in [0.25, 0.3) is 0 Å². The molecule has 0 aliphatic heterocycles. The zero-order chi connectivity index (χ0) is 12.3. The standard InChI is InChI=1S/C14H16BrNS/c1-10-6-14(17-11(10)2)9-16-8-12-4-3-5-13(15)7-12/h3-7,16H,8-9H2,1-2H3. The lowest BCUT2D eigenvalue weighted by molar-refractivity contribution is 0.700. The first-order valence-electron chi connectivity index (χ1n) is 5.66. The summed E-state index contributed by atoms with van der Waals surface area (Å²) in [7, 11) is 0. The lowest BCUT2D eigenvalue weighted by Gasteiger charge is -2.03. The first-order chi connectivity index (χ1) is 8.15. The van der Waals surface area contributed by atoms with Crippen LogP contribution in [0, 0.1) is 13.8 Å². The minimum absolute atomic E-state index is 0.912. The van der Waals surface area contributed by atoms with Gasteiger partial charge in [-0.25, -0.2) is 0 Å². The second-order valence-corrected chi connectivity index (χ2v) is 6.44. The van der Waals surface area contributed by atoms with Crippen LogP contribution in [0.1, 0.15) is 20.9 Å². The maximum atomic E-state index is 3.49. The number of hydrogen-bond donors (Lipinski definition) is 1. The maximum absolute atomic E-state index is 3.49. The van der Waals surface area contributed by atoms with Gasteiger partial charge in [-0.1, -0.05) is 28.1 Å². The molecule has 0 radical (unpaired) electrons. The van der Waals surface area contributed by atoms with E-state index in [1.54, 1.807) is 0 Å². The average molecular weight is 310 g/mol. The number of benzene rings is 1. The van der Waals surface area contributed by atoms with E-state index in [1.807, 2.05) is 11.3 Å². The Morgan fingerprint density at radius 3 is 2.65 bits per heavy atom. The lowest BCUT2D eigenvalue weighted by atomic mass is 10.2. The van der Waals surface area contributed by atoms with Crippen molar-refractivity contribution in [3.8, 4) is 0 Å². The topological polar surface area (TPSA) is 12.0 Å². The van der Waals surface area contributed by atoms with E-state index < -0.39 is 0 Å². The summed E-state index contributed by atoms with van der Waals surface area (Å²) >= 11 is 5.37. The SMILES string of the molecule is Cc1cc(CNCc2cccc(Br)c2)sc1C. The van der Waals surface area contributed by atoms with Gasteiger partial charge in [-0.2, -0.15) is 0 Å². The average Bonchev–Trinajstić information content (AvgIpc) is 2.58. The van der Waals surface area contributed by atoms with Gasteiger partial charge in [-0.05, 0) is 43.2 Å². The fourth-order valence-electron chi connectivity index (χ4n) is 1.71. The fourth-order valence-corrected chi connectivity index (χ4v) is 3.18. The minimum atomic E-state index is 0.912. The first kappa shape index (κ1) is 12.8. The number of rotatable bonds is 4. The van der Waals surface area contributed by atoms with Gasteiger partial charge in [0.15, 0.2) is 0 Å². The summed E-state index contributed by atoms with van der Waals surface area (Å²) in [5.41, 5.74) is 2.71. The van der Waals surface area contributed by atoms with Crippen molar-refractivity contribution in [2.45, 2.75) is 26.9 Å². The first-order valence-corrected chi connectivity index (χ1v) is 7.27. The maximum Gasteiger partial charge on any atom is 0.0303 e. The Morgan fingerprint density at radius 2 is 2.00 bits per heavy atom. The summed E-state index contributed by atoms with van der Waals surface area (Å²) in [5, 5.41) is 3.48. The van der Waals surface area contributed by atoms with Crippen LogP contribution in [0.2, 0.25) is 0 Å². The van der Waals surface area contributed by atoms with Crippen molar-refractivity contribution in [2.75, 3.05) is 0 Å². The summed E-state index contributed by atoms with van der Waals surface area (Å²) in [6.45, 7) is 6.21. The van der Waals surface area contributed by atoms with Crippen LogP contribution in [-0.2, 0) is 13.1 Å². The molecular formula is C14H16BrNS. The van der Waals surface area contributed by atoms with Gasteiger partial charge < -0.3 is 5.32 Å². The van der Waals surface area contributed by atoms with E-state index in [9.17, 15) is 0 Å². The Hall–Kier alpha value is -0.640. The Kier molecular flexibility index (Phi) is 4.37. The zero-order valence-electron chi connectivity index (χ0n) is 10.1. The Bertz CT molecular complexity index is 485. The number of thiophene rings is 1. The highest BCUT2D eigenvalue weighted by atomic mass is 79.9. The third kappa shape index (κ3) is 3.66. The molecule has 0 saturated heterocycles.